The van der Waals surface area contributed by atoms with Crippen LogP contribution < -0.4 is 4.74 Å². The van der Waals surface area contributed by atoms with E-state index in [9.17, 15) is 9.18 Å². The van der Waals surface area contributed by atoms with E-state index in [2.05, 4.69) is 4.98 Å². The number of rotatable bonds is 6. The van der Waals surface area contributed by atoms with Crippen LogP contribution in [-0.4, -0.2) is 22.7 Å². The molecular formula is C20H16FNO3. The number of ether oxygens (including phenoxy) is 1. The number of aromatic nitrogens is 1. The Bertz CT molecular complexity index is 895. The lowest BCUT2D eigenvalue weighted by Crippen LogP contribution is -2.03. The lowest BCUT2D eigenvalue weighted by molar-refractivity contribution is 0.0697. The van der Waals surface area contributed by atoms with E-state index in [1.54, 1.807) is 42.5 Å². The second-order valence-corrected chi connectivity index (χ2v) is 5.48. The number of carboxylic acid groups (broad SMARTS) is 1. The first-order valence-electron chi connectivity index (χ1n) is 7.80. The van der Waals surface area contributed by atoms with Crippen LogP contribution in [0, 0.1) is 5.82 Å². The van der Waals surface area contributed by atoms with Crippen molar-refractivity contribution in [1.29, 1.82) is 0 Å². The van der Waals surface area contributed by atoms with Gasteiger partial charge in [-0.3, -0.25) is 0 Å². The molecule has 5 heteroatoms. The molecule has 0 atom stereocenters. The Kier molecular flexibility index (Phi) is 5.04. The van der Waals surface area contributed by atoms with Crippen molar-refractivity contribution in [3.8, 4) is 17.1 Å². The van der Waals surface area contributed by atoms with E-state index in [-0.39, 0.29) is 11.4 Å². The minimum absolute atomic E-state index is 0.205. The fourth-order valence-corrected chi connectivity index (χ4v) is 2.43. The third kappa shape index (κ3) is 4.41. The number of carboxylic acids is 1. The van der Waals surface area contributed by atoms with Gasteiger partial charge in [-0.25, -0.2) is 14.2 Å². The second-order valence-electron chi connectivity index (χ2n) is 5.48. The second kappa shape index (κ2) is 7.57. The molecule has 1 heterocycles. The molecule has 0 radical (unpaired) electrons. The number of hydrogen-bond donors (Lipinski definition) is 1. The van der Waals surface area contributed by atoms with Crippen LogP contribution in [0.25, 0.3) is 11.3 Å². The maximum absolute atomic E-state index is 13.2. The number of aromatic carboxylic acids is 1. The Morgan fingerprint density at radius 3 is 2.64 bits per heavy atom. The van der Waals surface area contributed by atoms with Gasteiger partial charge in [-0.05, 0) is 35.9 Å². The molecule has 1 N–H and O–H groups in total. The molecule has 4 nitrogen and oxygen atoms in total. The number of benzene rings is 2. The van der Waals surface area contributed by atoms with Crippen molar-refractivity contribution in [1.82, 2.24) is 4.98 Å². The smallest absolute Gasteiger partial charge is 0.335 e. The van der Waals surface area contributed by atoms with Crippen molar-refractivity contribution in [2.45, 2.75) is 6.42 Å². The van der Waals surface area contributed by atoms with Gasteiger partial charge in [0, 0.05) is 18.1 Å². The monoisotopic (exact) mass is 337 g/mol. The van der Waals surface area contributed by atoms with Crippen LogP contribution in [0.2, 0.25) is 0 Å². The van der Waals surface area contributed by atoms with Crippen molar-refractivity contribution in [2.75, 3.05) is 6.61 Å². The van der Waals surface area contributed by atoms with Gasteiger partial charge in [0.15, 0.2) is 0 Å². The van der Waals surface area contributed by atoms with Crippen LogP contribution in [0.1, 0.15) is 15.9 Å². The Morgan fingerprint density at radius 1 is 1.04 bits per heavy atom. The third-order valence-corrected chi connectivity index (χ3v) is 3.66. The van der Waals surface area contributed by atoms with Crippen molar-refractivity contribution in [3.63, 3.8) is 0 Å². The lowest BCUT2D eigenvalue weighted by Gasteiger charge is -2.08. The molecule has 3 aromatic rings. The zero-order valence-corrected chi connectivity index (χ0v) is 13.4. The summed E-state index contributed by atoms with van der Waals surface area (Å²) in [7, 11) is 0. The van der Waals surface area contributed by atoms with Gasteiger partial charge < -0.3 is 9.84 Å². The highest BCUT2D eigenvalue weighted by atomic mass is 19.1. The molecule has 0 saturated heterocycles. The predicted octanol–water partition coefficient (Wildman–Crippen LogP) is 4.21. The van der Waals surface area contributed by atoms with Gasteiger partial charge in [0.1, 0.15) is 5.82 Å². The van der Waals surface area contributed by atoms with E-state index < -0.39 is 5.97 Å². The van der Waals surface area contributed by atoms with Crippen molar-refractivity contribution in [2.24, 2.45) is 0 Å². The summed E-state index contributed by atoms with van der Waals surface area (Å²) in [6.45, 7) is 0.370. The standard InChI is InChI=1S/C20H16FNO3/c21-17-7-1-4-14(12-17)10-11-25-19-9-3-8-18(22-19)15-5-2-6-16(13-15)20(23)24/h1-9,12-13H,10-11H2,(H,23,24). The topological polar surface area (TPSA) is 59.4 Å². The molecule has 126 valence electrons. The van der Waals surface area contributed by atoms with E-state index in [1.807, 2.05) is 6.07 Å². The normalized spacial score (nSPS) is 10.4. The summed E-state index contributed by atoms with van der Waals surface area (Å²) in [6.07, 6.45) is 0.568. The van der Waals surface area contributed by atoms with E-state index in [0.717, 1.165) is 5.56 Å². The average Bonchev–Trinajstić information content (AvgIpc) is 2.62. The lowest BCUT2D eigenvalue weighted by atomic mass is 10.1. The maximum Gasteiger partial charge on any atom is 0.335 e. The zero-order chi connectivity index (χ0) is 17.6. The van der Waals surface area contributed by atoms with E-state index in [4.69, 9.17) is 9.84 Å². The first-order chi connectivity index (χ1) is 12.1. The molecule has 0 aliphatic rings. The van der Waals surface area contributed by atoms with Crippen LogP contribution in [0.3, 0.4) is 0 Å². The van der Waals surface area contributed by atoms with E-state index in [1.165, 1.54) is 18.2 Å². The molecule has 0 unspecified atom stereocenters. The largest absolute Gasteiger partial charge is 0.478 e. The first-order valence-corrected chi connectivity index (χ1v) is 7.80. The molecule has 0 saturated carbocycles. The quantitative estimate of drug-likeness (QED) is 0.732. The van der Waals surface area contributed by atoms with Crippen molar-refractivity contribution >= 4 is 5.97 Å². The molecule has 0 aliphatic carbocycles. The number of carbonyl (C=O) groups is 1. The summed E-state index contributed by atoms with van der Waals surface area (Å²) >= 11 is 0. The van der Waals surface area contributed by atoms with Gasteiger partial charge in [-0.15, -0.1) is 0 Å². The van der Waals surface area contributed by atoms with Crippen LogP contribution in [0.15, 0.2) is 66.7 Å². The maximum atomic E-state index is 13.2. The molecule has 1 aromatic heterocycles. The van der Waals surface area contributed by atoms with Gasteiger partial charge in [-0.1, -0.05) is 30.3 Å². The molecule has 3 rings (SSSR count). The fourth-order valence-electron chi connectivity index (χ4n) is 2.43. The molecule has 2 aromatic carbocycles. The minimum atomic E-state index is -0.982. The van der Waals surface area contributed by atoms with Gasteiger partial charge in [0.2, 0.25) is 5.88 Å². The van der Waals surface area contributed by atoms with Crippen molar-refractivity contribution < 1.29 is 19.0 Å². The van der Waals surface area contributed by atoms with Crippen LogP contribution in [-0.2, 0) is 6.42 Å². The molecule has 0 bridgehead atoms. The summed E-state index contributed by atoms with van der Waals surface area (Å²) in [6, 6.07) is 18.3. The summed E-state index contributed by atoms with van der Waals surface area (Å²) in [5.74, 6) is -0.810. The van der Waals surface area contributed by atoms with E-state index in [0.29, 0.717) is 30.2 Å². The van der Waals surface area contributed by atoms with E-state index >= 15 is 0 Å². The Hall–Kier alpha value is -3.21. The molecule has 0 amide bonds. The number of halogens is 1. The Labute approximate surface area is 144 Å². The summed E-state index contributed by atoms with van der Waals surface area (Å²) in [4.78, 5) is 15.5. The predicted molar refractivity (Wildman–Crippen MR) is 92.2 cm³/mol. The fraction of sp³-hybridized carbons (Fsp3) is 0.100. The number of pyridine rings is 1. The SMILES string of the molecule is O=C(O)c1cccc(-c2cccc(OCCc3cccc(F)c3)n2)c1. The summed E-state index contributed by atoms with van der Waals surface area (Å²) in [5, 5.41) is 9.08. The molecule has 0 spiro atoms. The Balaban J connectivity index is 1.69. The van der Waals surface area contributed by atoms with Crippen LogP contribution >= 0.6 is 0 Å². The summed E-state index contributed by atoms with van der Waals surface area (Å²) in [5.41, 5.74) is 2.39. The highest BCUT2D eigenvalue weighted by molar-refractivity contribution is 5.89. The zero-order valence-electron chi connectivity index (χ0n) is 13.4. The Morgan fingerprint density at radius 2 is 1.84 bits per heavy atom. The first kappa shape index (κ1) is 16.6. The third-order valence-electron chi connectivity index (χ3n) is 3.66. The van der Waals surface area contributed by atoms with Crippen LogP contribution in [0.5, 0.6) is 5.88 Å². The molecule has 0 aliphatic heterocycles. The van der Waals surface area contributed by atoms with Gasteiger partial charge >= 0.3 is 5.97 Å². The molecule has 0 fully saturated rings. The molecular weight excluding hydrogens is 321 g/mol. The van der Waals surface area contributed by atoms with Gasteiger partial charge in [0.05, 0.1) is 17.9 Å². The number of hydrogen-bond acceptors (Lipinski definition) is 3. The van der Waals surface area contributed by atoms with Gasteiger partial charge in [0.25, 0.3) is 0 Å². The average molecular weight is 337 g/mol. The highest BCUT2D eigenvalue weighted by Gasteiger charge is 2.07. The van der Waals surface area contributed by atoms with Crippen molar-refractivity contribution in [3.05, 3.63) is 83.7 Å². The van der Waals surface area contributed by atoms with Gasteiger partial charge in [-0.2, -0.15) is 0 Å². The molecule has 25 heavy (non-hydrogen) atoms. The highest BCUT2D eigenvalue weighted by Crippen LogP contribution is 2.21. The summed E-state index contributed by atoms with van der Waals surface area (Å²) < 4.78 is 18.8. The van der Waals surface area contributed by atoms with Crippen LogP contribution in [0.4, 0.5) is 4.39 Å². The number of nitrogens with zero attached hydrogens (tertiary/aromatic N) is 1. The minimum Gasteiger partial charge on any atom is -0.478 e.